The van der Waals surface area contributed by atoms with Crippen molar-refractivity contribution in [3.8, 4) is 12.3 Å². The highest BCUT2D eigenvalue weighted by Crippen LogP contribution is 2.40. The van der Waals surface area contributed by atoms with Crippen molar-refractivity contribution in [3.05, 3.63) is 84.4 Å². The molecule has 0 spiro atoms. The number of ether oxygens (including phenoxy) is 3. The van der Waals surface area contributed by atoms with Gasteiger partial charge in [-0.25, -0.2) is 15.0 Å². The van der Waals surface area contributed by atoms with E-state index in [1.807, 2.05) is 65.2 Å². The molecule has 3 atom stereocenters. The Morgan fingerprint density at radius 1 is 1.03 bits per heavy atom. The van der Waals surface area contributed by atoms with Crippen LogP contribution in [-0.2, 0) is 27.4 Å². The Balaban J connectivity index is 1.39. The highest BCUT2D eigenvalue weighted by atomic mass is 16.6. The number of benzene rings is 2. The lowest BCUT2D eigenvalue weighted by Gasteiger charge is -2.29. The summed E-state index contributed by atoms with van der Waals surface area (Å²) < 4.78 is 20.6. The van der Waals surface area contributed by atoms with Gasteiger partial charge >= 0.3 is 0 Å². The lowest BCUT2D eigenvalue weighted by atomic mass is 9.98. The Labute approximate surface area is 197 Å². The minimum Gasteiger partial charge on any atom is -0.382 e. The number of fused-ring (bicyclic) bond motifs is 1. The van der Waals surface area contributed by atoms with E-state index in [9.17, 15) is 0 Å². The van der Waals surface area contributed by atoms with Gasteiger partial charge in [-0.1, -0.05) is 66.6 Å². The van der Waals surface area contributed by atoms with E-state index >= 15 is 0 Å². The molecule has 5 rings (SSSR count). The van der Waals surface area contributed by atoms with E-state index in [2.05, 4.69) is 20.9 Å². The van der Waals surface area contributed by atoms with Crippen LogP contribution in [0.25, 0.3) is 11.2 Å². The zero-order valence-electron chi connectivity index (χ0n) is 18.6. The second-order valence-corrected chi connectivity index (χ2v) is 8.19. The topological polar surface area (TPSA) is 97.3 Å². The molecule has 4 aromatic rings. The number of rotatable bonds is 8. The van der Waals surface area contributed by atoms with Crippen LogP contribution < -0.4 is 5.73 Å². The molecule has 34 heavy (non-hydrogen) atoms. The Kier molecular flexibility index (Phi) is 6.23. The molecule has 172 valence electrons. The Morgan fingerprint density at radius 3 is 2.44 bits per heavy atom. The van der Waals surface area contributed by atoms with Crippen LogP contribution in [0.1, 0.15) is 23.8 Å². The maximum absolute atomic E-state index is 6.47. The molecule has 0 saturated carbocycles. The third-order valence-corrected chi connectivity index (χ3v) is 5.95. The maximum atomic E-state index is 6.47. The van der Waals surface area contributed by atoms with Gasteiger partial charge in [-0.15, -0.1) is 6.42 Å². The largest absolute Gasteiger partial charge is 0.382 e. The highest BCUT2D eigenvalue weighted by Gasteiger charge is 2.50. The Morgan fingerprint density at radius 2 is 1.74 bits per heavy atom. The second kappa shape index (κ2) is 9.61. The summed E-state index contributed by atoms with van der Waals surface area (Å²) in [7, 11) is 0. The number of nitrogen functional groups attached to an aromatic ring is 1. The van der Waals surface area contributed by atoms with Gasteiger partial charge in [0.2, 0.25) is 0 Å². The number of hydrogen-bond acceptors (Lipinski definition) is 7. The summed E-state index contributed by atoms with van der Waals surface area (Å²) >= 11 is 0. The number of nitrogens with zero attached hydrogens (tertiary/aromatic N) is 4. The highest BCUT2D eigenvalue weighted by molar-refractivity contribution is 5.81. The van der Waals surface area contributed by atoms with Crippen LogP contribution in [-0.4, -0.2) is 37.8 Å². The number of aromatic nitrogens is 4. The Bertz CT molecular complexity index is 1290. The molecule has 1 saturated heterocycles. The van der Waals surface area contributed by atoms with Gasteiger partial charge in [0.05, 0.1) is 26.1 Å². The lowest BCUT2D eigenvalue weighted by Crippen LogP contribution is -2.44. The van der Waals surface area contributed by atoms with Crippen LogP contribution >= 0.6 is 0 Å². The number of nitrogens with two attached hydrogens (primary N) is 1. The Hall–Kier alpha value is -3.77. The van der Waals surface area contributed by atoms with Gasteiger partial charge in [-0.2, -0.15) is 0 Å². The fraction of sp³-hybridized carbons (Fsp3) is 0.269. The zero-order chi connectivity index (χ0) is 23.4. The molecular weight excluding hydrogens is 430 g/mol. The summed E-state index contributed by atoms with van der Waals surface area (Å²) in [6, 6.07) is 19.9. The normalized spacial score (nSPS) is 22.1. The molecular formula is C26H25N5O3. The minimum atomic E-state index is -1.08. The molecule has 0 unspecified atom stereocenters. The SMILES string of the molecule is C#C[C@]1(COCc2ccccc2)O[C@@H](n2cnc3c(N)ncnc32)C[C@@H]1OCc1ccccc1. The molecule has 1 fully saturated rings. The smallest absolute Gasteiger partial charge is 0.180 e. The van der Waals surface area contributed by atoms with Crippen molar-refractivity contribution < 1.29 is 14.2 Å². The van der Waals surface area contributed by atoms with Gasteiger partial charge in [0, 0.05) is 6.42 Å². The molecule has 0 aliphatic carbocycles. The molecule has 1 aliphatic rings. The van der Waals surface area contributed by atoms with Gasteiger partial charge in [-0.05, 0) is 11.1 Å². The average Bonchev–Trinajstić information content (AvgIpc) is 3.47. The summed E-state index contributed by atoms with van der Waals surface area (Å²) in [6.07, 6.45) is 8.75. The van der Waals surface area contributed by atoms with Crippen molar-refractivity contribution in [1.82, 2.24) is 19.5 Å². The van der Waals surface area contributed by atoms with Crippen LogP contribution in [0.15, 0.2) is 73.3 Å². The molecule has 0 amide bonds. The first-order valence-corrected chi connectivity index (χ1v) is 11.0. The van der Waals surface area contributed by atoms with Crippen LogP contribution in [0.4, 0.5) is 5.82 Å². The van der Waals surface area contributed by atoms with Gasteiger partial charge in [0.15, 0.2) is 17.1 Å². The molecule has 1 aliphatic heterocycles. The first-order chi connectivity index (χ1) is 16.7. The number of terminal acetylenes is 1. The van der Waals surface area contributed by atoms with Crippen molar-refractivity contribution >= 4 is 17.0 Å². The molecule has 3 heterocycles. The number of hydrogen-bond donors (Lipinski definition) is 1. The van der Waals surface area contributed by atoms with Crippen molar-refractivity contribution in [3.63, 3.8) is 0 Å². The first-order valence-electron chi connectivity index (χ1n) is 11.0. The first kappa shape index (κ1) is 22.0. The van der Waals surface area contributed by atoms with E-state index in [4.69, 9.17) is 26.4 Å². The van der Waals surface area contributed by atoms with Gasteiger partial charge in [0.1, 0.15) is 24.2 Å². The molecule has 0 bridgehead atoms. The van der Waals surface area contributed by atoms with E-state index in [-0.39, 0.29) is 6.61 Å². The molecule has 0 radical (unpaired) electrons. The fourth-order valence-corrected chi connectivity index (χ4v) is 4.16. The summed E-state index contributed by atoms with van der Waals surface area (Å²) in [5.41, 5.74) is 8.09. The van der Waals surface area contributed by atoms with Crippen LogP contribution in [0, 0.1) is 12.3 Å². The van der Waals surface area contributed by atoms with Crippen molar-refractivity contribution in [2.75, 3.05) is 12.3 Å². The van der Waals surface area contributed by atoms with Crippen LogP contribution in [0.3, 0.4) is 0 Å². The molecule has 8 nitrogen and oxygen atoms in total. The van der Waals surface area contributed by atoms with E-state index in [0.717, 1.165) is 11.1 Å². The van der Waals surface area contributed by atoms with E-state index < -0.39 is 17.9 Å². The predicted octanol–water partition coefficient (Wildman–Crippen LogP) is 3.50. The van der Waals surface area contributed by atoms with Crippen LogP contribution in [0.2, 0.25) is 0 Å². The monoisotopic (exact) mass is 455 g/mol. The van der Waals surface area contributed by atoms with E-state index in [1.54, 1.807) is 6.33 Å². The van der Waals surface area contributed by atoms with Gasteiger partial charge in [-0.3, -0.25) is 4.57 Å². The zero-order valence-corrected chi connectivity index (χ0v) is 18.6. The number of imidazole rings is 1. The predicted molar refractivity (Wildman–Crippen MR) is 127 cm³/mol. The molecule has 8 heteroatoms. The minimum absolute atomic E-state index is 0.179. The number of anilines is 1. The standard InChI is InChI=1S/C26H25N5O3/c1-2-26(16-32-14-19-9-5-3-6-10-19)21(33-15-20-11-7-4-8-12-20)13-22(34-26)31-18-30-23-24(27)28-17-29-25(23)31/h1,3-12,17-18,21-22H,13-16H2,(H2,27,28,29)/t21-,22+,26+/m0/s1. The van der Waals surface area contributed by atoms with Crippen molar-refractivity contribution in [2.45, 2.75) is 37.6 Å². The van der Waals surface area contributed by atoms with Crippen molar-refractivity contribution in [2.24, 2.45) is 0 Å². The quantitative estimate of drug-likeness (QED) is 0.406. The summed E-state index contributed by atoms with van der Waals surface area (Å²) in [5.74, 6) is 3.15. The molecule has 2 aromatic carbocycles. The summed E-state index contributed by atoms with van der Waals surface area (Å²) in [4.78, 5) is 12.7. The van der Waals surface area contributed by atoms with Gasteiger partial charge < -0.3 is 19.9 Å². The van der Waals surface area contributed by atoms with E-state index in [0.29, 0.717) is 36.6 Å². The third-order valence-electron chi connectivity index (χ3n) is 5.95. The van der Waals surface area contributed by atoms with E-state index in [1.165, 1.54) is 6.33 Å². The maximum Gasteiger partial charge on any atom is 0.180 e. The molecule has 2 N–H and O–H groups in total. The summed E-state index contributed by atoms with van der Waals surface area (Å²) in [5, 5.41) is 0. The summed E-state index contributed by atoms with van der Waals surface area (Å²) in [6.45, 7) is 1.00. The van der Waals surface area contributed by atoms with Crippen molar-refractivity contribution in [1.29, 1.82) is 0 Å². The molecule has 2 aromatic heterocycles. The fourth-order valence-electron chi connectivity index (χ4n) is 4.16. The average molecular weight is 456 g/mol. The second-order valence-electron chi connectivity index (χ2n) is 8.19. The lowest BCUT2D eigenvalue weighted by molar-refractivity contribution is -0.123. The van der Waals surface area contributed by atoms with Gasteiger partial charge in [0.25, 0.3) is 0 Å². The van der Waals surface area contributed by atoms with Crippen LogP contribution in [0.5, 0.6) is 0 Å². The third kappa shape index (κ3) is 4.37.